The normalized spacial score (nSPS) is 16.0. The first-order valence-corrected chi connectivity index (χ1v) is 8.27. The molecule has 2 heterocycles. The minimum Gasteiger partial charge on any atom is -0.353 e. The Morgan fingerprint density at radius 3 is 2.39 bits per heavy atom. The fraction of sp³-hybridized carbons (Fsp3) is 0.474. The van der Waals surface area contributed by atoms with E-state index in [1.807, 2.05) is 37.8 Å². The molecule has 1 saturated heterocycles. The fourth-order valence-corrected chi connectivity index (χ4v) is 3.11. The van der Waals surface area contributed by atoms with Gasteiger partial charge in [0.15, 0.2) is 0 Å². The predicted molar refractivity (Wildman–Crippen MR) is 94.7 cm³/mol. The SMILES string of the molecule is Cc1cc(N2CCN(C(=O)C(C)(C)C)CC2)nc2ccccc12. The van der Waals surface area contributed by atoms with Gasteiger partial charge in [0.05, 0.1) is 5.52 Å². The summed E-state index contributed by atoms with van der Waals surface area (Å²) in [4.78, 5) is 21.4. The van der Waals surface area contributed by atoms with E-state index in [-0.39, 0.29) is 11.3 Å². The Hall–Kier alpha value is -2.10. The van der Waals surface area contributed by atoms with E-state index < -0.39 is 0 Å². The predicted octanol–water partition coefficient (Wildman–Crippen LogP) is 3.24. The Morgan fingerprint density at radius 2 is 1.74 bits per heavy atom. The zero-order valence-corrected chi connectivity index (χ0v) is 14.5. The van der Waals surface area contributed by atoms with Crippen molar-refractivity contribution >= 4 is 22.6 Å². The summed E-state index contributed by atoms with van der Waals surface area (Å²) in [5.41, 5.74) is 1.98. The van der Waals surface area contributed by atoms with Gasteiger partial charge < -0.3 is 9.80 Å². The first kappa shape index (κ1) is 15.8. The van der Waals surface area contributed by atoms with Crippen LogP contribution in [-0.4, -0.2) is 42.0 Å². The van der Waals surface area contributed by atoms with Crippen molar-refractivity contribution in [1.82, 2.24) is 9.88 Å². The van der Waals surface area contributed by atoms with E-state index in [0.717, 1.165) is 37.5 Å². The van der Waals surface area contributed by atoms with Crippen LogP contribution in [0.15, 0.2) is 30.3 Å². The average molecular weight is 311 g/mol. The number of hydrogen-bond acceptors (Lipinski definition) is 3. The maximum atomic E-state index is 12.4. The summed E-state index contributed by atoms with van der Waals surface area (Å²) in [6.45, 7) is 11.3. The molecular formula is C19H25N3O. The Kier molecular flexibility index (Phi) is 4.00. The minimum absolute atomic E-state index is 0.236. The van der Waals surface area contributed by atoms with Crippen LogP contribution in [0.4, 0.5) is 5.82 Å². The molecule has 122 valence electrons. The lowest BCUT2D eigenvalue weighted by Crippen LogP contribution is -2.51. The van der Waals surface area contributed by atoms with Crippen LogP contribution < -0.4 is 4.90 Å². The highest BCUT2D eigenvalue weighted by molar-refractivity contribution is 5.84. The molecule has 0 N–H and O–H groups in total. The zero-order valence-electron chi connectivity index (χ0n) is 14.5. The first-order chi connectivity index (χ1) is 10.9. The largest absolute Gasteiger partial charge is 0.353 e. The number of aryl methyl sites for hydroxylation is 1. The average Bonchev–Trinajstić information content (AvgIpc) is 2.53. The highest BCUT2D eigenvalue weighted by Crippen LogP contribution is 2.24. The van der Waals surface area contributed by atoms with Gasteiger partial charge in [0.2, 0.25) is 5.91 Å². The molecule has 1 aromatic heterocycles. The summed E-state index contributed by atoms with van der Waals surface area (Å²) in [5, 5.41) is 1.21. The van der Waals surface area contributed by atoms with Crippen LogP contribution in [0.5, 0.6) is 0 Å². The van der Waals surface area contributed by atoms with Gasteiger partial charge in [0.1, 0.15) is 5.82 Å². The lowest BCUT2D eigenvalue weighted by molar-refractivity contribution is -0.139. The van der Waals surface area contributed by atoms with Crippen molar-refractivity contribution in [1.29, 1.82) is 0 Å². The molecule has 2 aromatic rings. The van der Waals surface area contributed by atoms with Gasteiger partial charge in [0, 0.05) is 37.0 Å². The maximum Gasteiger partial charge on any atom is 0.228 e. The van der Waals surface area contributed by atoms with Crippen LogP contribution in [0.1, 0.15) is 26.3 Å². The van der Waals surface area contributed by atoms with E-state index in [1.54, 1.807) is 0 Å². The van der Waals surface area contributed by atoms with E-state index in [1.165, 1.54) is 10.9 Å². The molecule has 4 heteroatoms. The number of benzene rings is 1. The second kappa shape index (κ2) is 5.84. The number of pyridine rings is 1. The highest BCUT2D eigenvalue weighted by atomic mass is 16.2. The molecule has 0 aliphatic carbocycles. The number of anilines is 1. The molecule has 23 heavy (non-hydrogen) atoms. The number of nitrogens with zero attached hydrogens (tertiary/aromatic N) is 3. The van der Waals surface area contributed by atoms with Crippen molar-refractivity contribution in [3.05, 3.63) is 35.9 Å². The number of carbonyl (C=O) groups excluding carboxylic acids is 1. The lowest BCUT2D eigenvalue weighted by Gasteiger charge is -2.38. The Morgan fingerprint density at radius 1 is 1.09 bits per heavy atom. The van der Waals surface area contributed by atoms with E-state index in [2.05, 4.69) is 30.0 Å². The summed E-state index contributed by atoms with van der Waals surface area (Å²) >= 11 is 0. The molecule has 3 rings (SSSR count). The Labute approximate surface area is 138 Å². The molecule has 1 amide bonds. The smallest absolute Gasteiger partial charge is 0.228 e. The standard InChI is InChI=1S/C19H25N3O/c1-14-13-17(20-16-8-6-5-7-15(14)16)21-9-11-22(12-10-21)18(23)19(2,3)4/h5-8,13H,9-12H2,1-4H3. The molecule has 1 fully saturated rings. The van der Waals surface area contributed by atoms with Crippen LogP contribution in [0.3, 0.4) is 0 Å². The summed E-state index contributed by atoms with van der Waals surface area (Å²) in [6.07, 6.45) is 0. The number of amides is 1. The summed E-state index contributed by atoms with van der Waals surface area (Å²) < 4.78 is 0. The Balaban J connectivity index is 1.77. The van der Waals surface area contributed by atoms with E-state index in [0.29, 0.717) is 0 Å². The second-order valence-electron chi connectivity index (χ2n) is 7.34. The van der Waals surface area contributed by atoms with Gasteiger partial charge in [-0.1, -0.05) is 39.0 Å². The third-order valence-electron chi connectivity index (χ3n) is 4.44. The quantitative estimate of drug-likeness (QED) is 0.811. The maximum absolute atomic E-state index is 12.4. The van der Waals surface area contributed by atoms with Crippen LogP contribution in [-0.2, 0) is 4.79 Å². The van der Waals surface area contributed by atoms with Gasteiger partial charge in [0.25, 0.3) is 0 Å². The number of hydrogen-bond donors (Lipinski definition) is 0. The van der Waals surface area contributed by atoms with Gasteiger partial charge in [-0.15, -0.1) is 0 Å². The number of para-hydroxylation sites is 1. The fourth-order valence-electron chi connectivity index (χ4n) is 3.11. The van der Waals surface area contributed by atoms with Crippen LogP contribution in [0.25, 0.3) is 10.9 Å². The molecule has 1 aliphatic rings. The van der Waals surface area contributed by atoms with Gasteiger partial charge in [-0.05, 0) is 24.6 Å². The van der Waals surface area contributed by atoms with Crippen molar-refractivity contribution in [2.75, 3.05) is 31.1 Å². The zero-order chi connectivity index (χ0) is 16.6. The van der Waals surface area contributed by atoms with Gasteiger partial charge in [-0.2, -0.15) is 0 Å². The van der Waals surface area contributed by atoms with Crippen molar-refractivity contribution in [3.8, 4) is 0 Å². The molecule has 0 unspecified atom stereocenters. The van der Waals surface area contributed by atoms with Crippen molar-refractivity contribution < 1.29 is 4.79 Å². The van der Waals surface area contributed by atoms with Crippen LogP contribution in [0.2, 0.25) is 0 Å². The summed E-state index contributed by atoms with van der Waals surface area (Å²) in [7, 11) is 0. The Bertz CT molecular complexity index is 725. The monoisotopic (exact) mass is 311 g/mol. The number of rotatable bonds is 1. The second-order valence-corrected chi connectivity index (χ2v) is 7.34. The van der Waals surface area contributed by atoms with Crippen molar-refractivity contribution in [2.24, 2.45) is 5.41 Å². The van der Waals surface area contributed by atoms with Crippen molar-refractivity contribution in [2.45, 2.75) is 27.7 Å². The molecule has 0 bridgehead atoms. The highest BCUT2D eigenvalue weighted by Gasteiger charge is 2.30. The number of carbonyl (C=O) groups is 1. The number of aromatic nitrogens is 1. The molecule has 1 aromatic carbocycles. The lowest BCUT2D eigenvalue weighted by atomic mass is 9.94. The molecule has 0 radical (unpaired) electrons. The number of fused-ring (bicyclic) bond motifs is 1. The third-order valence-corrected chi connectivity index (χ3v) is 4.44. The molecule has 0 spiro atoms. The molecular weight excluding hydrogens is 286 g/mol. The van der Waals surface area contributed by atoms with Crippen LogP contribution >= 0.6 is 0 Å². The van der Waals surface area contributed by atoms with E-state index >= 15 is 0 Å². The van der Waals surface area contributed by atoms with E-state index in [9.17, 15) is 4.79 Å². The first-order valence-electron chi connectivity index (χ1n) is 8.27. The van der Waals surface area contributed by atoms with Gasteiger partial charge >= 0.3 is 0 Å². The third kappa shape index (κ3) is 3.16. The molecule has 0 atom stereocenters. The topological polar surface area (TPSA) is 36.4 Å². The summed E-state index contributed by atoms with van der Waals surface area (Å²) in [6, 6.07) is 10.4. The minimum atomic E-state index is -0.306. The molecule has 0 saturated carbocycles. The number of piperazine rings is 1. The van der Waals surface area contributed by atoms with Gasteiger partial charge in [-0.3, -0.25) is 4.79 Å². The van der Waals surface area contributed by atoms with E-state index in [4.69, 9.17) is 4.98 Å². The molecule has 4 nitrogen and oxygen atoms in total. The summed E-state index contributed by atoms with van der Waals surface area (Å²) in [5.74, 6) is 1.25. The molecule has 1 aliphatic heterocycles. The van der Waals surface area contributed by atoms with Crippen LogP contribution in [0, 0.1) is 12.3 Å². The van der Waals surface area contributed by atoms with Gasteiger partial charge in [-0.25, -0.2) is 4.98 Å². The van der Waals surface area contributed by atoms with Crippen molar-refractivity contribution in [3.63, 3.8) is 0 Å².